The van der Waals surface area contributed by atoms with Gasteiger partial charge in [0.05, 0.1) is 0 Å². The SMILES string of the molecule is Cc1cc(C)cc(CC(CCl)(CCl)c2ccc(F)cc2)c1. The summed E-state index contributed by atoms with van der Waals surface area (Å²) in [5.74, 6) is 0.549. The lowest BCUT2D eigenvalue weighted by molar-refractivity contribution is 0.533. The topological polar surface area (TPSA) is 0 Å². The maximum Gasteiger partial charge on any atom is 0.123 e. The van der Waals surface area contributed by atoms with E-state index < -0.39 is 0 Å². The third kappa shape index (κ3) is 3.78. The minimum absolute atomic E-state index is 0.247. The van der Waals surface area contributed by atoms with Crippen LogP contribution < -0.4 is 0 Å². The van der Waals surface area contributed by atoms with Crippen molar-refractivity contribution in [1.82, 2.24) is 0 Å². The van der Waals surface area contributed by atoms with Gasteiger partial charge < -0.3 is 0 Å². The van der Waals surface area contributed by atoms with Crippen LogP contribution in [0.3, 0.4) is 0 Å². The summed E-state index contributed by atoms with van der Waals surface area (Å²) >= 11 is 12.5. The molecule has 0 aliphatic rings. The Morgan fingerprint density at radius 2 is 1.43 bits per heavy atom. The average Bonchev–Trinajstić information content (AvgIpc) is 2.45. The van der Waals surface area contributed by atoms with E-state index in [0.29, 0.717) is 11.8 Å². The van der Waals surface area contributed by atoms with Crippen molar-refractivity contribution < 1.29 is 4.39 Å². The van der Waals surface area contributed by atoms with E-state index in [1.807, 2.05) is 0 Å². The van der Waals surface area contributed by atoms with Crippen LogP contribution in [0.25, 0.3) is 0 Å². The molecule has 2 aromatic carbocycles. The number of hydrogen-bond donors (Lipinski definition) is 0. The Morgan fingerprint density at radius 3 is 1.90 bits per heavy atom. The fourth-order valence-electron chi connectivity index (χ4n) is 2.75. The predicted octanol–water partition coefficient (Wildman–Crippen LogP) is 5.40. The van der Waals surface area contributed by atoms with E-state index in [4.69, 9.17) is 23.2 Å². The molecule has 0 unspecified atom stereocenters. The Morgan fingerprint density at radius 1 is 0.905 bits per heavy atom. The summed E-state index contributed by atoms with van der Waals surface area (Å²) in [5.41, 5.74) is 4.26. The van der Waals surface area contributed by atoms with E-state index >= 15 is 0 Å². The summed E-state index contributed by atoms with van der Waals surface area (Å²) in [5, 5.41) is 0. The first-order chi connectivity index (χ1) is 9.99. The van der Waals surface area contributed by atoms with Crippen LogP contribution in [0.1, 0.15) is 22.3 Å². The molecule has 0 aliphatic heterocycles. The van der Waals surface area contributed by atoms with Gasteiger partial charge in [0.25, 0.3) is 0 Å². The minimum atomic E-state index is -0.378. The molecule has 0 fully saturated rings. The highest BCUT2D eigenvalue weighted by Gasteiger charge is 2.31. The number of hydrogen-bond acceptors (Lipinski definition) is 0. The second-order valence-corrected chi connectivity index (χ2v) is 6.26. The van der Waals surface area contributed by atoms with Crippen LogP contribution in [-0.2, 0) is 11.8 Å². The molecular weight excluding hydrogens is 306 g/mol. The van der Waals surface area contributed by atoms with Gasteiger partial charge >= 0.3 is 0 Å². The number of alkyl halides is 2. The second-order valence-electron chi connectivity index (χ2n) is 5.73. The van der Waals surface area contributed by atoms with Crippen molar-refractivity contribution in [2.45, 2.75) is 25.7 Å². The van der Waals surface area contributed by atoms with Crippen molar-refractivity contribution in [2.75, 3.05) is 11.8 Å². The van der Waals surface area contributed by atoms with Gasteiger partial charge in [0.15, 0.2) is 0 Å². The second kappa shape index (κ2) is 6.81. The molecule has 0 radical (unpaired) electrons. The lowest BCUT2D eigenvalue weighted by atomic mass is 9.78. The maximum absolute atomic E-state index is 13.1. The molecule has 2 aromatic rings. The van der Waals surface area contributed by atoms with E-state index in [0.717, 1.165) is 12.0 Å². The third-order valence-electron chi connectivity index (χ3n) is 3.79. The molecule has 0 heterocycles. The summed E-state index contributed by atoms with van der Waals surface area (Å²) in [6.45, 7) is 4.16. The van der Waals surface area contributed by atoms with Gasteiger partial charge in [-0.25, -0.2) is 4.39 Å². The van der Waals surface area contributed by atoms with Crippen molar-refractivity contribution in [3.05, 3.63) is 70.5 Å². The number of halogens is 3. The van der Waals surface area contributed by atoms with E-state index in [2.05, 4.69) is 32.0 Å². The minimum Gasteiger partial charge on any atom is -0.207 e. The number of rotatable bonds is 5. The van der Waals surface area contributed by atoms with Crippen LogP contribution in [0, 0.1) is 19.7 Å². The summed E-state index contributed by atoms with van der Waals surface area (Å²) in [4.78, 5) is 0. The van der Waals surface area contributed by atoms with E-state index in [9.17, 15) is 4.39 Å². The first-order valence-corrected chi connectivity index (χ1v) is 8.01. The molecule has 0 bridgehead atoms. The first kappa shape index (κ1) is 16.3. The molecule has 0 saturated heterocycles. The molecule has 0 spiro atoms. The van der Waals surface area contributed by atoms with Crippen LogP contribution in [0.15, 0.2) is 42.5 Å². The standard InChI is InChI=1S/C18H19Cl2F/c1-13-7-14(2)9-15(8-13)10-18(11-19,12-20)16-3-5-17(21)6-4-16/h3-9H,10-12H2,1-2H3. The fraction of sp³-hybridized carbons (Fsp3) is 0.333. The van der Waals surface area contributed by atoms with Gasteiger partial charge in [-0.15, -0.1) is 23.2 Å². The Kier molecular flexibility index (Phi) is 5.29. The molecule has 0 aliphatic carbocycles. The van der Waals surface area contributed by atoms with E-state index in [-0.39, 0.29) is 11.2 Å². The predicted molar refractivity (Wildman–Crippen MR) is 89.1 cm³/mol. The van der Waals surface area contributed by atoms with E-state index in [1.54, 1.807) is 12.1 Å². The van der Waals surface area contributed by atoms with Crippen molar-refractivity contribution in [1.29, 1.82) is 0 Å². The van der Waals surface area contributed by atoms with Gasteiger partial charge in [0.2, 0.25) is 0 Å². The lowest BCUT2D eigenvalue weighted by Gasteiger charge is -2.30. The Labute approximate surface area is 135 Å². The van der Waals surface area contributed by atoms with Crippen LogP contribution in [0.5, 0.6) is 0 Å². The summed E-state index contributed by atoms with van der Waals surface area (Å²) in [6, 6.07) is 12.9. The number of benzene rings is 2. The molecule has 112 valence electrons. The highest BCUT2D eigenvalue weighted by molar-refractivity contribution is 6.22. The molecule has 0 aromatic heterocycles. The first-order valence-electron chi connectivity index (χ1n) is 6.94. The quantitative estimate of drug-likeness (QED) is 0.646. The molecule has 0 atom stereocenters. The zero-order valence-electron chi connectivity index (χ0n) is 12.3. The Balaban J connectivity index is 2.40. The Bertz CT molecular complexity index is 581. The molecule has 0 saturated carbocycles. The molecule has 2 rings (SSSR count). The maximum atomic E-state index is 13.1. The monoisotopic (exact) mass is 324 g/mol. The molecule has 0 amide bonds. The highest BCUT2D eigenvalue weighted by Crippen LogP contribution is 2.32. The third-order valence-corrected chi connectivity index (χ3v) is 4.82. The Hall–Kier alpha value is -1.05. The van der Waals surface area contributed by atoms with Gasteiger partial charge in [0, 0.05) is 17.2 Å². The van der Waals surface area contributed by atoms with Crippen molar-refractivity contribution in [2.24, 2.45) is 0 Å². The normalized spacial score (nSPS) is 11.7. The molecule has 21 heavy (non-hydrogen) atoms. The van der Waals surface area contributed by atoms with Crippen LogP contribution in [0.2, 0.25) is 0 Å². The van der Waals surface area contributed by atoms with Gasteiger partial charge in [-0.05, 0) is 43.5 Å². The fourth-order valence-corrected chi connectivity index (χ4v) is 3.54. The van der Waals surface area contributed by atoms with Crippen molar-refractivity contribution in [3.8, 4) is 0 Å². The van der Waals surface area contributed by atoms with Crippen LogP contribution in [0.4, 0.5) is 4.39 Å². The molecule has 3 heteroatoms. The molecular formula is C18H19Cl2F. The lowest BCUT2D eigenvalue weighted by Crippen LogP contribution is -2.33. The largest absolute Gasteiger partial charge is 0.207 e. The zero-order valence-corrected chi connectivity index (χ0v) is 13.8. The van der Waals surface area contributed by atoms with Gasteiger partial charge in [-0.2, -0.15) is 0 Å². The van der Waals surface area contributed by atoms with Crippen LogP contribution >= 0.6 is 23.2 Å². The highest BCUT2D eigenvalue weighted by atomic mass is 35.5. The van der Waals surface area contributed by atoms with Crippen LogP contribution in [-0.4, -0.2) is 11.8 Å². The van der Waals surface area contributed by atoms with Gasteiger partial charge in [-0.3, -0.25) is 0 Å². The zero-order chi connectivity index (χ0) is 15.5. The van der Waals surface area contributed by atoms with Crippen molar-refractivity contribution >= 4 is 23.2 Å². The summed E-state index contributed by atoms with van der Waals surface area (Å²) < 4.78 is 13.1. The van der Waals surface area contributed by atoms with Gasteiger partial charge in [-0.1, -0.05) is 41.5 Å². The summed E-state index contributed by atoms with van der Waals surface area (Å²) in [6.07, 6.45) is 0.744. The van der Waals surface area contributed by atoms with E-state index in [1.165, 1.54) is 28.8 Å². The van der Waals surface area contributed by atoms with Gasteiger partial charge in [0.1, 0.15) is 5.82 Å². The van der Waals surface area contributed by atoms with Crippen molar-refractivity contribution in [3.63, 3.8) is 0 Å². The summed E-state index contributed by atoms with van der Waals surface area (Å²) in [7, 11) is 0. The number of aryl methyl sites for hydroxylation is 2. The average molecular weight is 325 g/mol. The smallest absolute Gasteiger partial charge is 0.123 e. The molecule has 0 nitrogen and oxygen atoms in total. The molecule has 0 N–H and O–H groups in total.